The quantitative estimate of drug-likeness (QED) is 0.520. The average molecular weight is 218 g/mol. The lowest BCUT2D eigenvalue weighted by Gasteiger charge is -2.00. The van der Waals surface area contributed by atoms with Gasteiger partial charge in [0.2, 0.25) is 0 Å². The molecule has 0 heterocycles. The van der Waals surface area contributed by atoms with Crippen LogP contribution in [0.3, 0.4) is 0 Å². The van der Waals surface area contributed by atoms with Crippen LogP contribution in [0.5, 0.6) is 0 Å². The maximum absolute atomic E-state index is 2.28. The van der Waals surface area contributed by atoms with Gasteiger partial charge in [-0.1, -0.05) is 67.9 Å². The summed E-state index contributed by atoms with van der Waals surface area (Å²) in [4.78, 5) is 0. The number of rotatable bonds is 6. The number of allylic oxidation sites excluding steroid dienone is 8. The van der Waals surface area contributed by atoms with Crippen LogP contribution in [0.15, 0.2) is 47.6 Å². The zero-order valence-electron chi connectivity index (χ0n) is 11.5. The van der Waals surface area contributed by atoms with Crippen molar-refractivity contribution in [2.24, 2.45) is 5.92 Å². The molecule has 0 rings (SSSR count). The van der Waals surface area contributed by atoms with Gasteiger partial charge in [0.05, 0.1) is 0 Å². The molecule has 0 aromatic rings. The van der Waals surface area contributed by atoms with Crippen molar-refractivity contribution in [1.29, 1.82) is 0 Å². The van der Waals surface area contributed by atoms with Crippen LogP contribution in [-0.4, -0.2) is 0 Å². The lowest BCUT2D eigenvalue weighted by molar-refractivity contribution is 0.634. The average Bonchev–Trinajstić information content (AvgIpc) is 2.17. The van der Waals surface area contributed by atoms with Crippen molar-refractivity contribution in [1.82, 2.24) is 0 Å². The predicted molar refractivity (Wildman–Crippen MR) is 75.5 cm³/mol. The third-order valence-electron chi connectivity index (χ3n) is 2.33. The summed E-state index contributed by atoms with van der Waals surface area (Å²) in [6.07, 6.45) is 15.5. The molecule has 0 aromatic carbocycles. The summed E-state index contributed by atoms with van der Waals surface area (Å²) in [5.41, 5.74) is 2.62. The predicted octanol–water partition coefficient (Wildman–Crippen LogP) is 5.45. The summed E-state index contributed by atoms with van der Waals surface area (Å²) in [6, 6.07) is 0. The van der Waals surface area contributed by atoms with Gasteiger partial charge in [-0.15, -0.1) is 0 Å². The first kappa shape index (κ1) is 15.0. The maximum atomic E-state index is 2.28. The fourth-order valence-corrected chi connectivity index (χ4v) is 1.40. The van der Waals surface area contributed by atoms with Crippen molar-refractivity contribution < 1.29 is 0 Å². The third-order valence-corrected chi connectivity index (χ3v) is 2.33. The molecule has 0 N–H and O–H groups in total. The maximum Gasteiger partial charge on any atom is -0.0259 e. The van der Waals surface area contributed by atoms with E-state index in [0.717, 1.165) is 0 Å². The van der Waals surface area contributed by atoms with E-state index in [1.807, 2.05) is 0 Å². The molecule has 0 amide bonds. The number of hydrogen-bond donors (Lipinski definition) is 0. The fourth-order valence-electron chi connectivity index (χ4n) is 1.40. The Hall–Kier alpha value is -1.04. The fraction of sp³-hybridized carbons (Fsp3) is 0.500. The Balaban J connectivity index is 4.13. The lowest BCUT2D eigenvalue weighted by atomic mass is 10.1. The minimum Gasteiger partial charge on any atom is -0.0817 e. The first-order valence-corrected chi connectivity index (χ1v) is 6.23. The van der Waals surface area contributed by atoms with E-state index in [4.69, 9.17) is 0 Å². The highest BCUT2D eigenvalue weighted by Crippen LogP contribution is 2.07. The van der Waals surface area contributed by atoms with Gasteiger partial charge >= 0.3 is 0 Å². The minimum atomic E-state index is 0.691. The van der Waals surface area contributed by atoms with Crippen LogP contribution in [0.2, 0.25) is 0 Å². The molecule has 0 saturated heterocycles. The van der Waals surface area contributed by atoms with Crippen LogP contribution in [-0.2, 0) is 0 Å². The topological polar surface area (TPSA) is 0 Å². The van der Waals surface area contributed by atoms with Crippen LogP contribution in [0.25, 0.3) is 0 Å². The molecule has 0 bridgehead atoms. The van der Waals surface area contributed by atoms with Crippen molar-refractivity contribution >= 4 is 0 Å². The Morgan fingerprint density at radius 2 is 1.75 bits per heavy atom. The molecular weight excluding hydrogens is 192 g/mol. The van der Waals surface area contributed by atoms with Gasteiger partial charge in [-0.3, -0.25) is 0 Å². The molecule has 90 valence electrons. The Bertz CT molecular complexity index is 283. The number of hydrogen-bond acceptors (Lipinski definition) is 0. The highest BCUT2D eigenvalue weighted by atomic mass is 14.0. The molecule has 16 heavy (non-hydrogen) atoms. The molecule has 0 radical (unpaired) electrons. The van der Waals surface area contributed by atoms with Crippen LogP contribution >= 0.6 is 0 Å². The van der Waals surface area contributed by atoms with Gasteiger partial charge < -0.3 is 0 Å². The second kappa shape index (κ2) is 9.21. The molecule has 1 unspecified atom stereocenters. The van der Waals surface area contributed by atoms with E-state index < -0.39 is 0 Å². The standard InChI is InChI=1S/C16H26/c1-6-9-15(4)12-8-13-16(5)11-7-10-14(2)3/h7-8,10-13,15H,6,9H2,1-5H3. The lowest BCUT2D eigenvalue weighted by Crippen LogP contribution is -1.86. The van der Waals surface area contributed by atoms with E-state index >= 15 is 0 Å². The summed E-state index contributed by atoms with van der Waals surface area (Å²) >= 11 is 0. The van der Waals surface area contributed by atoms with Crippen molar-refractivity contribution in [3.8, 4) is 0 Å². The highest BCUT2D eigenvalue weighted by molar-refractivity contribution is 5.25. The Labute approximate surface area is 101 Å². The molecule has 0 spiro atoms. The van der Waals surface area contributed by atoms with Gasteiger partial charge in [0.1, 0.15) is 0 Å². The summed E-state index contributed by atoms with van der Waals surface area (Å²) in [5.74, 6) is 0.691. The molecule has 1 atom stereocenters. The van der Waals surface area contributed by atoms with Gasteiger partial charge in [0, 0.05) is 0 Å². The summed E-state index contributed by atoms with van der Waals surface area (Å²) in [6.45, 7) is 10.8. The van der Waals surface area contributed by atoms with E-state index in [0.29, 0.717) is 5.92 Å². The van der Waals surface area contributed by atoms with Crippen LogP contribution in [0.1, 0.15) is 47.5 Å². The van der Waals surface area contributed by atoms with Gasteiger partial charge in [0.15, 0.2) is 0 Å². The third kappa shape index (κ3) is 9.51. The molecule has 0 saturated carbocycles. The molecule has 0 fully saturated rings. The normalized spacial score (nSPS) is 14.7. The van der Waals surface area contributed by atoms with E-state index in [1.54, 1.807) is 0 Å². The van der Waals surface area contributed by atoms with Crippen LogP contribution in [0, 0.1) is 5.92 Å². The molecule has 0 aliphatic rings. The Kier molecular flexibility index (Phi) is 8.61. The van der Waals surface area contributed by atoms with E-state index in [9.17, 15) is 0 Å². The van der Waals surface area contributed by atoms with Gasteiger partial charge in [-0.05, 0) is 33.1 Å². The van der Waals surface area contributed by atoms with Crippen molar-refractivity contribution in [2.45, 2.75) is 47.5 Å². The Morgan fingerprint density at radius 1 is 1.06 bits per heavy atom. The first-order chi connectivity index (χ1) is 7.56. The Morgan fingerprint density at radius 3 is 2.31 bits per heavy atom. The van der Waals surface area contributed by atoms with Crippen LogP contribution < -0.4 is 0 Å². The molecule has 0 aliphatic carbocycles. The molecule has 0 aromatic heterocycles. The van der Waals surface area contributed by atoms with Gasteiger partial charge in [0.25, 0.3) is 0 Å². The monoisotopic (exact) mass is 218 g/mol. The summed E-state index contributed by atoms with van der Waals surface area (Å²) < 4.78 is 0. The zero-order chi connectivity index (χ0) is 12.4. The second-order valence-corrected chi connectivity index (χ2v) is 4.66. The highest BCUT2D eigenvalue weighted by Gasteiger charge is 1.91. The smallest absolute Gasteiger partial charge is 0.0259 e. The molecule has 0 aliphatic heterocycles. The largest absolute Gasteiger partial charge is 0.0817 e. The van der Waals surface area contributed by atoms with Crippen molar-refractivity contribution in [3.05, 3.63) is 47.6 Å². The van der Waals surface area contributed by atoms with E-state index in [1.165, 1.54) is 24.0 Å². The summed E-state index contributed by atoms with van der Waals surface area (Å²) in [7, 11) is 0. The van der Waals surface area contributed by atoms with Crippen molar-refractivity contribution in [3.63, 3.8) is 0 Å². The zero-order valence-corrected chi connectivity index (χ0v) is 11.5. The minimum absolute atomic E-state index is 0.691. The molecule has 0 nitrogen and oxygen atoms in total. The van der Waals surface area contributed by atoms with Crippen molar-refractivity contribution in [2.75, 3.05) is 0 Å². The second-order valence-electron chi connectivity index (χ2n) is 4.66. The van der Waals surface area contributed by atoms with Gasteiger partial charge in [-0.25, -0.2) is 0 Å². The first-order valence-electron chi connectivity index (χ1n) is 6.23. The molecule has 0 heteroatoms. The SMILES string of the molecule is CCCC(C)C=CC=C(C)C=CC=C(C)C. The molecular formula is C16H26. The van der Waals surface area contributed by atoms with E-state index in [2.05, 4.69) is 71.1 Å². The van der Waals surface area contributed by atoms with E-state index in [-0.39, 0.29) is 0 Å². The summed E-state index contributed by atoms with van der Waals surface area (Å²) in [5, 5.41) is 0. The van der Waals surface area contributed by atoms with Gasteiger partial charge in [-0.2, -0.15) is 0 Å². The van der Waals surface area contributed by atoms with Crippen LogP contribution in [0.4, 0.5) is 0 Å².